The molecule has 0 saturated carbocycles. The van der Waals surface area contributed by atoms with Crippen molar-refractivity contribution in [2.24, 2.45) is 4.99 Å². The highest BCUT2D eigenvalue weighted by Gasteiger charge is 2.21. The lowest BCUT2D eigenvalue weighted by Gasteiger charge is -2.36. The highest BCUT2D eigenvalue weighted by Crippen LogP contribution is 2.19. The van der Waals surface area contributed by atoms with Crippen LogP contribution in [0.5, 0.6) is 5.75 Å². The van der Waals surface area contributed by atoms with Crippen LogP contribution in [0.4, 0.5) is 4.39 Å². The summed E-state index contributed by atoms with van der Waals surface area (Å²) in [5, 5.41) is 7.32. The van der Waals surface area contributed by atoms with Crippen LogP contribution in [0.25, 0.3) is 0 Å². The second-order valence-electron chi connectivity index (χ2n) is 7.55. The summed E-state index contributed by atoms with van der Waals surface area (Å²) < 4.78 is 29.8. The number of methoxy groups -OCH3 is 1. The number of benzene rings is 1. The number of guanidine groups is 1. The van der Waals surface area contributed by atoms with Gasteiger partial charge in [-0.15, -0.1) is 24.0 Å². The molecule has 1 aliphatic rings. The minimum atomic E-state index is -0.329. The van der Waals surface area contributed by atoms with Crippen LogP contribution in [0.2, 0.25) is 0 Å². The third kappa shape index (κ3) is 7.78. The summed E-state index contributed by atoms with van der Waals surface area (Å²) in [6, 6.07) is 5.13. The molecule has 2 aromatic rings. The van der Waals surface area contributed by atoms with Crippen molar-refractivity contribution < 1.29 is 18.4 Å². The second-order valence-corrected chi connectivity index (χ2v) is 7.55. The van der Waals surface area contributed by atoms with Crippen LogP contribution in [0.15, 0.2) is 27.7 Å². The first-order chi connectivity index (χ1) is 15.5. The first kappa shape index (κ1) is 27.3. The summed E-state index contributed by atoms with van der Waals surface area (Å²) in [6.45, 7) is 11.6. The van der Waals surface area contributed by atoms with Crippen molar-refractivity contribution in [3.8, 4) is 5.75 Å². The van der Waals surface area contributed by atoms with Gasteiger partial charge in [-0.3, -0.25) is 4.90 Å². The van der Waals surface area contributed by atoms with Crippen molar-refractivity contribution in [1.29, 1.82) is 0 Å². The number of hydrogen-bond donors (Lipinski definition) is 1. The van der Waals surface area contributed by atoms with Crippen molar-refractivity contribution >= 4 is 29.9 Å². The van der Waals surface area contributed by atoms with E-state index in [0.717, 1.165) is 44.2 Å². The van der Waals surface area contributed by atoms with Gasteiger partial charge in [0.25, 0.3) is 0 Å². The first-order valence-corrected chi connectivity index (χ1v) is 11.1. The van der Waals surface area contributed by atoms with Crippen molar-refractivity contribution in [1.82, 2.24) is 25.3 Å². The highest BCUT2D eigenvalue weighted by molar-refractivity contribution is 14.0. The second kappa shape index (κ2) is 13.7. The Morgan fingerprint density at radius 3 is 2.67 bits per heavy atom. The Morgan fingerprint density at radius 1 is 1.27 bits per heavy atom. The van der Waals surface area contributed by atoms with Crippen molar-refractivity contribution in [2.75, 3.05) is 46.4 Å². The Bertz CT molecular complexity index is 889. The van der Waals surface area contributed by atoms with E-state index >= 15 is 0 Å². The zero-order valence-corrected chi connectivity index (χ0v) is 22.0. The Morgan fingerprint density at radius 2 is 2.03 bits per heavy atom. The third-order valence-corrected chi connectivity index (χ3v) is 5.26. The number of ether oxygens (including phenoxy) is 2. The standard InChI is InChI=1S/C22H33FN6O3.HI/c1-5-24-22(25-14-20-26-21(27-32-20)16(3)31-6-2)29-11-9-28(10-12-29)15-17-7-8-19(30-4)18(23)13-17;/h7-8,13,16H,5-6,9-12,14-15H2,1-4H3,(H,24,25);1H. The maximum absolute atomic E-state index is 14.0. The van der Waals surface area contributed by atoms with Gasteiger partial charge < -0.3 is 24.2 Å². The zero-order valence-electron chi connectivity index (χ0n) is 19.7. The molecule has 1 aromatic carbocycles. The quantitative estimate of drug-likeness (QED) is 0.277. The van der Waals surface area contributed by atoms with Gasteiger partial charge in [-0.1, -0.05) is 11.2 Å². The molecule has 1 aromatic heterocycles. The molecule has 9 nitrogen and oxygen atoms in total. The molecule has 0 amide bonds. The molecule has 3 rings (SSSR count). The first-order valence-electron chi connectivity index (χ1n) is 11.1. The summed E-state index contributed by atoms with van der Waals surface area (Å²) in [5.41, 5.74) is 0.936. The van der Waals surface area contributed by atoms with E-state index in [0.29, 0.717) is 31.4 Å². The lowest BCUT2D eigenvalue weighted by atomic mass is 10.2. The van der Waals surface area contributed by atoms with E-state index in [1.54, 1.807) is 12.1 Å². The van der Waals surface area contributed by atoms with Crippen LogP contribution in [0.3, 0.4) is 0 Å². The van der Waals surface area contributed by atoms with E-state index in [2.05, 4.69) is 30.2 Å². The smallest absolute Gasteiger partial charge is 0.248 e. The van der Waals surface area contributed by atoms with E-state index in [9.17, 15) is 4.39 Å². The van der Waals surface area contributed by atoms with Gasteiger partial charge in [0, 0.05) is 45.9 Å². The maximum Gasteiger partial charge on any atom is 0.248 e. The van der Waals surface area contributed by atoms with Crippen molar-refractivity contribution in [3.05, 3.63) is 41.3 Å². The topological polar surface area (TPSA) is 88.2 Å². The Balaban J connectivity index is 0.00000385. The van der Waals surface area contributed by atoms with E-state index in [-0.39, 0.29) is 41.6 Å². The lowest BCUT2D eigenvalue weighted by Crippen LogP contribution is -2.52. The monoisotopic (exact) mass is 576 g/mol. The van der Waals surface area contributed by atoms with Crippen LogP contribution >= 0.6 is 24.0 Å². The Hall–Kier alpha value is -1.99. The number of nitrogens with one attached hydrogen (secondary N) is 1. The molecule has 1 N–H and O–H groups in total. The average Bonchev–Trinajstić information content (AvgIpc) is 3.27. The summed E-state index contributed by atoms with van der Waals surface area (Å²) in [5.74, 6) is 1.75. The van der Waals surface area contributed by atoms with Gasteiger partial charge in [-0.2, -0.15) is 4.98 Å². The molecular weight excluding hydrogens is 542 g/mol. The number of piperazine rings is 1. The Labute approximate surface area is 211 Å². The molecule has 33 heavy (non-hydrogen) atoms. The fourth-order valence-corrected chi connectivity index (χ4v) is 3.57. The summed E-state index contributed by atoms with van der Waals surface area (Å²) in [4.78, 5) is 13.6. The molecule has 184 valence electrons. The molecule has 0 spiro atoms. The van der Waals surface area contributed by atoms with Crippen molar-refractivity contribution in [2.45, 2.75) is 40.0 Å². The minimum Gasteiger partial charge on any atom is -0.494 e. The summed E-state index contributed by atoms with van der Waals surface area (Å²) in [7, 11) is 1.47. The van der Waals surface area contributed by atoms with E-state index in [1.165, 1.54) is 7.11 Å². The number of nitrogens with zero attached hydrogens (tertiary/aromatic N) is 5. The van der Waals surface area contributed by atoms with Gasteiger partial charge in [0.2, 0.25) is 5.89 Å². The summed E-state index contributed by atoms with van der Waals surface area (Å²) >= 11 is 0. The molecule has 1 saturated heterocycles. The van der Waals surface area contributed by atoms with Crippen LogP contribution in [0, 0.1) is 5.82 Å². The van der Waals surface area contributed by atoms with E-state index < -0.39 is 0 Å². The molecule has 2 heterocycles. The highest BCUT2D eigenvalue weighted by atomic mass is 127. The normalized spacial score (nSPS) is 15.8. The van der Waals surface area contributed by atoms with Crippen LogP contribution in [-0.4, -0.2) is 72.3 Å². The summed E-state index contributed by atoms with van der Waals surface area (Å²) in [6.07, 6.45) is -0.207. The molecule has 0 bridgehead atoms. The molecule has 0 radical (unpaired) electrons. The SMILES string of the molecule is CCNC(=NCc1nc(C(C)OCC)no1)N1CCN(Cc2ccc(OC)c(F)c2)CC1.I. The van der Waals surface area contributed by atoms with Crippen molar-refractivity contribution in [3.63, 3.8) is 0 Å². The molecule has 0 aliphatic carbocycles. The third-order valence-electron chi connectivity index (χ3n) is 5.26. The van der Waals surface area contributed by atoms with Gasteiger partial charge in [0.1, 0.15) is 12.6 Å². The van der Waals surface area contributed by atoms with Crippen LogP contribution in [-0.2, 0) is 17.8 Å². The average molecular weight is 576 g/mol. The molecular formula is C22H34FIN6O3. The van der Waals surface area contributed by atoms with Gasteiger partial charge in [0.05, 0.1) is 7.11 Å². The number of hydrogen-bond acceptors (Lipinski definition) is 7. The number of aliphatic imine (C=N–C) groups is 1. The predicted molar refractivity (Wildman–Crippen MR) is 134 cm³/mol. The van der Waals surface area contributed by atoms with E-state index in [4.69, 9.17) is 14.0 Å². The molecule has 1 aliphatic heterocycles. The van der Waals surface area contributed by atoms with Crippen LogP contribution in [0.1, 0.15) is 44.2 Å². The minimum absolute atomic E-state index is 0. The zero-order chi connectivity index (χ0) is 22.9. The van der Waals surface area contributed by atoms with Gasteiger partial charge in [-0.05, 0) is 38.5 Å². The maximum atomic E-state index is 14.0. The number of rotatable bonds is 9. The molecule has 1 fully saturated rings. The molecule has 1 atom stereocenters. The number of aromatic nitrogens is 2. The largest absolute Gasteiger partial charge is 0.494 e. The lowest BCUT2D eigenvalue weighted by molar-refractivity contribution is 0.0683. The predicted octanol–water partition coefficient (Wildman–Crippen LogP) is 3.22. The van der Waals surface area contributed by atoms with E-state index in [1.807, 2.05) is 26.8 Å². The van der Waals surface area contributed by atoms with Gasteiger partial charge in [-0.25, -0.2) is 9.38 Å². The van der Waals surface area contributed by atoms with Crippen LogP contribution < -0.4 is 10.1 Å². The number of halogens is 2. The van der Waals surface area contributed by atoms with Gasteiger partial charge >= 0.3 is 0 Å². The fourth-order valence-electron chi connectivity index (χ4n) is 3.57. The molecule has 1 unspecified atom stereocenters. The fraction of sp³-hybridized carbons (Fsp3) is 0.591. The molecule has 11 heteroatoms. The van der Waals surface area contributed by atoms with Gasteiger partial charge in [0.15, 0.2) is 23.4 Å². The Kier molecular flexibility index (Phi) is 11.3.